The van der Waals surface area contributed by atoms with Gasteiger partial charge in [-0.1, -0.05) is 23.7 Å². The highest BCUT2D eigenvalue weighted by Crippen LogP contribution is 2.19. The molecule has 5 nitrogen and oxygen atoms in total. The zero-order chi connectivity index (χ0) is 14.9. The Hall–Kier alpha value is -1.30. The van der Waals surface area contributed by atoms with E-state index in [-0.39, 0.29) is 12.1 Å². The number of benzene rings is 1. The summed E-state index contributed by atoms with van der Waals surface area (Å²) in [6, 6.07) is 6.86. The van der Waals surface area contributed by atoms with Crippen LogP contribution in [-0.2, 0) is 9.47 Å². The van der Waals surface area contributed by atoms with Crippen molar-refractivity contribution in [3.8, 4) is 0 Å². The monoisotopic (exact) mass is 312 g/mol. The predicted molar refractivity (Wildman–Crippen MR) is 82.9 cm³/mol. The van der Waals surface area contributed by atoms with Crippen LogP contribution in [0.2, 0.25) is 5.02 Å². The molecule has 0 saturated carbocycles. The van der Waals surface area contributed by atoms with Gasteiger partial charge in [-0.15, -0.1) is 0 Å². The SMILES string of the molecule is O=C(NCCCOCC1CCCO1)Nc1ccccc1Cl. The molecule has 116 valence electrons. The molecule has 2 rings (SSSR count). The lowest BCUT2D eigenvalue weighted by Gasteiger charge is -2.11. The zero-order valence-corrected chi connectivity index (χ0v) is 12.7. The molecule has 1 aliphatic heterocycles. The first-order chi connectivity index (χ1) is 10.3. The van der Waals surface area contributed by atoms with E-state index < -0.39 is 0 Å². The maximum atomic E-state index is 11.7. The van der Waals surface area contributed by atoms with Gasteiger partial charge in [0, 0.05) is 19.8 Å². The summed E-state index contributed by atoms with van der Waals surface area (Å²) in [6.07, 6.45) is 3.22. The van der Waals surface area contributed by atoms with Gasteiger partial charge in [-0.3, -0.25) is 0 Å². The van der Waals surface area contributed by atoms with Crippen LogP contribution in [0.3, 0.4) is 0 Å². The van der Waals surface area contributed by atoms with E-state index in [2.05, 4.69) is 10.6 Å². The number of anilines is 1. The Morgan fingerprint density at radius 1 is 1.43 bits per heavy atom. The Labute approximate surface area is 130 Å². The number of hydrogen-bond donors (Lipinski definition) is 2. The Morgan fingerprint density at radius 2 is 2.29 bits per heavy atom. The average molecular weight is 313 g/mol. The van der Waals surface area contributed by atoms with Crippen LogP contribution in [-0.4, -0.2) is 38.5 Å². The van der Waals surface area contributed by atoms with Gasteiger partial charge in [0.2, 0.25) is 0 Å². The third-order valence-corrected chi connectivity index (χ3v) is 3.53. The second-order valence-electron chi connectivity index (χ2n) is 4.92. The van der Waals surface area contributed by atoms with E-state index in [0.717, 1.165) is 25.9 Å². The molecule has 2 amide bonds. The number of urea groups is 1. The predicted octanol–water partition coefficient (Wildman–Crippen LogP) is 3.05. The highest BCUT2D eigenvalue weighted by atomic mass is 35.5. The van der Waals surface area contributed by atoms with Crippen molar-refractivity contribution in [2.24, 2.45) is 0 Å². The van der Waals surface area contributed by atoms with Crippen LogP contribution < -0.4 is 10.6 Å². The van der Waals surface area contributed by atoms with Crippen LogP contribution in [0.1, 0.15) is 19.3 Å². The fourth-order valence-electron chi connectivity index (χ4n) is 2.10. The molecule has 0 aliphatic carbocycles. The van der Waals surface area contributed by atoms with Gasteiger partial charge in [0.05, 0.1) is 23.4 Å². The normalized spacial score (nSPS) is 17.7. The Balaban J connectivity index is 1.52. The van der Waals surface area contributed by atoms with Gasteiger partial charge in [-0.25, -0.2) is 4.79 Å². The van der Waals surface area contributed by atoms with Gasteiger partial charge in [0.25, 0.3) is 0 Å². The molecular weight excluding hydrogens is 292 g/mol. The fraction of sp³-hybridized carbons (Fsp3) is 0.533. The van der Waals surface area contributed by atoms with Crippen molar-refractivity contribution < 1.29 is 14.3 Å². The fourth-order valence-corrected chi connectivity index (χ4v) is 2.28. The van der Waals surface area contributed by atoms with Crippen LogP contribution in [0.4, 0.5) is 10.5 Å². The van der Waals surface area contributed by atoms with Crippen molar-refractivity contribution in [2.45, 2.75) is 25.4 Å². The largest absolute Gasteiger partial charge is 0.379 e. The lowest BCUT2D eigenvalue weighted by Crippen LogP contribution is -2.30. The molecule has 6 heteroatoms. The van der Waals surface area contributed by atoms with E-state index in [4.69, 9.17) is 21.1 Å². The maximum Gasteiger partial charge on any atom is 0.319 e. The smallest absolute Gasteiger partial charge is 0.319 e. The molecule has 1 aliphatic rings. The second kappa shape index (κ2) is 8.87. The molecule has 1 heterocycles. The summed E-state index contributed by atoms with van der Waals surface area (Å²) in [6.45, 7) is 2.66. The quantitative estimate of drug-likeness (QED) is 0.761. The van der Waals surface area contributed by atoms with E-state index in [0.29, 0.717) is 30.5 Å². The standard InChI is InChI=1S/C15H21ClN2O3/c16-13-6-1-2-7-14(13)18-15(19)17-8-4-9-20-11-12-5-3-10-21-12/h1-2,6-7,12H,3-5,8-11H2,(H2,17,18,19). The molecule has 0 spiro atoms. The summed E-state index contributed by atoms with van der Waals surface area (Å²) < 4.78 is 11.0. The van der Waals surface area contributed by atoms with Crippen molar-refractivity contribution in [2.75, 3.05) is 31.7 Å². The number of hydrogen-bond acceptors (Lipinski definition) is 3. The summed E-state index contributed by atoms with van der Waals surface area (Å²) in [5.41, 5.74) is 0.603. The first kappa shape index (κ1) is 16.1. The van der Waals surface area contributed by atoms with E-state index >= 15 is 0 Å². The molecule has 2 N–H and O–H groups in total. The van der Waals surface area contributed by atoms with Crippen LogP contribution in [0.15, 0.2) is 24.3 Å². The van der Waals surface area contributed by atoms with Crippen molar-refractivity contribution in [1.82, 2.24) is 5.32 Å². The van der Waals surface area contributed by atoms with Gasteiger partial charge < -0.3 is 20.1 Å². The van der Waals surface area contributed by atoms with E-state index in [9.17, 15) is 4.79 Å². The number of para-hydroxylation sites is 1. The Kier molecular flexibility index (Phi) is 6.79. The van der Waals surface area contributed by atoms with Gasteiger partial charge in [0.1, 0.15) is 0 Å². The van der Waals surface area contributed by atoms with Crippen LogP contribution >= 0.6 is 11.6 Å². The number of ether oxygens (including phenoxy) is 2. The molecular formula is C15H21ClN2O3. The van der Waals surface area contributed by atoms with Gasteiger partial charge >= 0.3 is 6.03 Å². The highest BCUT2D eigenvalue weighted by molar-refractivity contribution is 6.33. The minimum Gasteiger partial charge on any atom is -0.379 e. The van der Waals surface area contributed by atoms with E-state index in [1.54, 1.807) is 12.1 Å². The van der Waals surface area contributed by atoms with Crippen LogP contribution in [0.5, 0.6) is 0 Å². The molecule has 1 aromatic carbocycles. The Morgan fingerprint density at radius 3 is 3.05 bits per heavy atom. The number of rotatable bonds is 7. The molecule has 1 atom stereocenters. The average Bonchev–Trinajstić information content (AvgIpc) is 2.98. The lowest BCUT2D eigenvalue weighted by atomic mass is 10.2. The topological polar surface area (TPSA) is 59.6 Å². The minimum absolute atomic E-state index is 0.251. The van der Waals surface area contributed by atoms with Crippen molar-refractivity contribution in [3.63, 3.8) is 0 Å². The number of nitrogens with one attached hydrogen (secondary N) is 2. The molecule has 1 fully saturated rings. The number of halogens is 1. The van der Waals surface area contributed by atoms with Crippen molar-refractivity contribution in [1.29, 1.82) is 0 Å². The molecule has 0 aromatic heterocycles. The van der Waals surface area contributed by atoms with Gasteiger partial charge in [0.15, 0.2) is 0 Å². The second-order valence-corrected chi connectivity index (χ2v) is 5.33. The van der Waals surface area contributed by atoms with Crippen LogP contribution in [0.25, 0.3) is 0 Å². The summed E-state index contributed by atoms with van der Waals surface area (Å²) in [7, 11) is 0. The van der Waals surface area contributed by atoms with Gasteiger partial charge in [-0.2, -0.15) is 0 Å². The third-order valence-electron chi connectivity index (χ3n) is 3.20. The number of carbonyl (C=O) groups is 1. The summed E-state index contributed by atoms with van der Waals surface area (Å²) >= 11 is 5.96. The molecule has 1 aromatic rings. The number of amides is 2. The molecule has 0 radical (unpaired) electrons. The van der Waals surface area contributed by atoms with E-state index in [1.807, 2.05) is 12.1 Å². The molecule has 1 unspecified atom stereocenters. The van der Waals surface area contributed by atoms with Crippen molar-refractivity contribution in [3.05, 3.63) is 29.3 Å². The summed E-state index contributed by atoms with van der Waals surface area (Å²) in [5.74, 6) is 0. The van der Waals surface area contributed by atoms with Crippen molar-refractivity contribution >= 4 is 23.3 Å². The molecule has 21 heavy (non-hydrogen) atoms. The Bertz CT molecular complexity index is 450. The first-order valence-corrected chi connectivity index (χ1v) is 7.62. The van der Waals surface area contributed by atoms with Gasteiger partial charge in [-0.05, 0) is 31.4 Å². The number of carbonyl (C=O) groups excluding carboxylic acids is 1. The third kappa shape index (κ3) is 5.91. The lowest BCUT2D eigenvalue weighted by molar-refractivity contribution is 0.0168. The maximum absolute atomic E-state index is 11.7. The highest BCUT2D eigenvalue weighted by Gasteiger charge is 2.14. The molecule has 1 saturated heterocycles. The van der Waals surface area contributed by atoms with Crippen LogP contribution in [0, 0.1) is 0 Å². The minimum atomic E-state index is -0.262. The summed E-state index contributed by atoms with van der Waals surface area (Å²) in [5, 5.41) is 5.99. The van der Waals surface area contributed by atoms with E-state index in [1.165, 1.54) is 0 Å². The zero-order valence-electron chi connectivity index (χ0n) is 11.9. The summed E-state index contributed by atoms with van der Waals surface area (Å²) in [4.78, 5) is 11.7. The molecule has 0 bridgehead atoms. The first-order valence-electron chi connectivity index (χ1n) is 7.24.